The van der Waals surface area contributed by atoms with Crippen LogP contribution in [0.15, 0.2) is 24.3 Å². The zero-order valence-electron chi connectivity index (χ0n) is 14.4. The lowest BCUT2D eigenvalue weighted by molar-refractivity contribution is 0.214. The van der Waals surface area contributed by atoms with E-state index in [0.29, 0.717) is 17.0 Å². The Bertz CT molecular complexity index is 668. The van der Waals surface area contributed by atoms with Gasteiger partial charge in [-0.05, 0) is 55.2 Å². The van der Waals surface area contributed by atoms with Crippen LogP contribution < -0.4 is 9.46 Å². The van der Waals surface area contributed by atoms with Crippen molar-refractivity contribution in [2.24, 2.45) is 11.3 Å². The highest BCUT2D eigenvalue weighted by Gasteiger charge is 2.25. The molecular formula is C18H27NO3S. The van der Waals surface area contributed by atoms with Gasteiger partial charge in [-0.15, -0.1) is 0 Å². The number of sulfonamides is 1. The third-order valence-corrected chi connectivity index (χ3v) is 5.07. The monoisotopic (exact) mass is 337 g/mol. The predicted molar refractivity (Wildman–Crippen MR) is 96.2 cm³/mol. The largest absolute Gasteiger partial charge is 0.496 e. The van der Waals surface area contributed by atoms with Crippen LogP contribution in [-0.4, -0.2) is 21.8 Å². The van der Waals surface area contributed by atoms with Gasteiger partial charge in [-0.3, -0.25) is 4.72 Å². The molecule has 1 N–H and O–H groups in total. The Hall–Kier alpha value is -1.49. The van der Waals surface area contributed by atoms with E-state index in [1.807, 2.05) is 6.07 Å². The maximum Gasteiger partial charge on any atom is 0.229 e. The number of rotatable bonds is 5. The number of benzene rings is 1. The number of hydrogen-bond acceptors (Lipinski definition) is 3. The molecule has 0 aliphatic heterocycles. The van der Waals surface area contributed by atoms with E-state index in [4.69, 9.17) is 4.74 Å². The fourth-order valence-corrected chi connectivity index (χ4v) is 3.55. The van der Waals surface area contributed by atoms with Crippen molar-refractivity contribution in [2.45, 2.75) is 39.5 Å². The Kier molecular flexibility index (Phi) is 5.40. The highest BCUT2D eigenvalue weighted by Crippen LogP contribution is 2.38. The third-order valence-electron chi connectivity index (χ3n) is 4.46. The number of nitrogens with one attached hydrogen (secondary N) is 1. The van der Waals surface area contributed by atoms with Gasteiger partial charge in [0.05, 0.1) is 13.4 Å². The van der Waals surface area contributed by atoms with Crippen LogP contribution >= 0.6 is 0 Å². The van der Waals surface area contributed by atoms with E-state index in [9.17, 15) is 8.42 Å². The van der Waals surface area contributed by atoms with Crippen LogP contribution in [0.2, 0.25) is 0 Å². The van der Waals surface area contributed by atoms with Gasteiger partial charge >= 0.3 is 0 Å². The maximum atomic E-state index is 11.4. The Morgan fingerprint density at radius 3 is 2.48 bits per heavy atom. The van der Waals surface area contributed by atoms with Crippen molar-refractivity contribution in [3.63, 3.8) is 0 Å². The van der Waals surface area contributed by atoms with Crippen molar-refractivity contribution in [1.82, 2.24) is 0 Å². The molecule has 1 aromatic rings. The van der Waals surface area contributed by atoms with E-state index < -0.39 is 10.0 Å². The van der Waals surface area contributed by atoms with Gasteiger partial charge in [-0.1, -0.05) is 26.0 Å². The molecule has 5 heteroatoms. The molecule has 0 unspecified atom stereocenters. The van der Waals surface area contributed by atoms with Crippen LogP contribution in [-0.2, 0) is 10.0 Å². The predicted octanol–water partition coefficient (Wildman–Crippen LogP) is 4.30. The Balaban J connectivity index is 2.14. The zero-order valence-corrected chi connectivity index (χ0v) is 15.2. The van der Waals surface area contributed by atoms with Crippen molar-refractivity contribution in [2.75, 3.05) is 18.1 Å². The lowest BCUT2D eigenvalue weighted by Crippen LogP contribution is -2.20. The fourth-order valence-electron chi connectivity index (χ4n) is 3.00. The lowest BCUT2D eigenvalue weighted by Gasteiger charge is -2.33. The summed E-state index contributed by atoms with van der Waals surface area (Å²) >= 11 is 0. The first-order chi connectivity index (χ1) is 10.7. The Morgan fingerprint density at radius 1 is 1.26 bits per heavy atom. The van der Waals surface area contributed by atoms with Crippen molar-refractivity contribution < 1.29 is 13.2 Å². The number of allylic oxidation sites excluding steroid dienone is 1. The van der Waals surface area contributed by atoms with Gasteiger partial charge in [-0.2, -0.15) is 0 Å². The molecule has 0 bridgehead atoms. The molecule has 0 amide bonds. The molecule has 2 rings (SSSR count). The molecule has 0 atom stereocenters. The quantitative estimate of drug-likeness (QED) is 0.871. The maximum absolute atomic E-state index is 11.4. The van der Waals surface area contributed by atoms with Gasteiger partial charge in [-0.25, -0.2) is 8.42 Å². The molecule has 23 heavy (non-hydrogen) atoms. The number of hydrogen-bond donors (Lipinski definition) is 1. The second-order valence-electron chi connectivity index (χ2n) is 7.19. The summed E-state index contributed by atoms with van der Waals surface area (Å²) < 4.78 is 30.6. The Morgan fingerprint density at radius 2 is 1.91 bits per heavy atom. The van der Waals surface area contributed by atoms with Crippen molar-refractivity contribution in [1.29, 1.82) is 0 Å². The molecule has 1 saturated carbocycles. The van der Waals surface area contributed by atoms with Crippen molar-refractivity contribution >= 4 is 21.8 Å². The number of ether oxygens (including phenoxy) is 1. The smallest absolute Gasteiger partial charge is 0.229 e. The molecule has 0 spiro atoms. The fraction of sp³-hybridized carbons (Fsp3) is 0.556. The zero-order chi connectivity index (χ0) is 17.1. The van der Waals surface area contributed by atoms with E-state index >= 15 is 0 Å². The molecule has 4 nitrogen and oxygen atoms in total. The van der Waals surface area contributed by atoms with E-state index in [1.54, 1.807) is 19.2 Å². The normalized spacial score (nSPS) is 19.0. The van der Waals surface area contributed by atoms with E-state index in [1.165, 1.54) is 25.7 Å². The second-order valence-corrected chi connectivity index (χ2v) is 8.94. The number of methoxy groups -OCH3 is 1. The SMILES string of the molecule is COc1ccc(NS(C)(=O)=O)cc1/C=C/C1CCC(C)(C)CC1. The standard InChI is InChI=1S/C18H27NO3S/c1-18(2)11-9-14(10-12-18)5-6-15-13-16(19-23(4,20)21)7-8-17(15)22-3/h5-8,13-14,19H,9-12H2,1-4H3/b6-5+. The first kappa shape index (κ1) is 17.9. The van der Waals surface area contributed by atoms with E-state index in [2.05, 4.69) is 30.7 Å². The van der Waals surface area contributed by atoms with Gasteiger partial charge in [0.25, 0.3) is 0 Å². The first-order valence-corrected chi connectivity index (χ1v) is 9.92. The highest BCUT2D eigenvalue weighted by atomic mass is 32.2. The highest BCUT2D eigenvalue weighted by molar-refractivity contribution is 7.92. The van der Waals surface area contributed by atoms with Gasteiger partial charge in [0.2, 0.25) is 10.0 Å². The molecule has 0 heterocycles. The molecule has 0 saturated heterocycles. The Labute approximate surface area is 140 Å². The molecule has 128 valence electrons. The van der Waals surface area contributed by atoms with E-state index in [0.717, 1.165) is 17.6 Å². The van der Waals surface area contributed by atoms with Crippen LogP contribution in [0, 0.1) is 11.3 Å². The average molecular weight is 337 g/mol. The lowest BCUT2D eigenvalue weighted by atomic mass is 9.73. The van der Waals surface area contributed by atoms with Gasteiger partial charge in [0.15, 0.2) is 0 Å². The summed E-state index contributed by atoms with van der Waals surface area (Å²) in [6.07, 6.45) is 10.3. The molecule has 1 aliphatic carbocycles. The summed E-state index contributed by atoms with van der Waals surface area (Å²) in [7, 11) is -1.65. The molecular weight excluding hydrogens is 310 g/mol. The molecule has 0 aromatic heterocycles. The molecule has 1 fully saturated rings. The minimum Gasteiger partial charge on any atom is -0.496 e. The van der Waals surface area contributed by atoms with E-state index in [-0.39, 0.29) is 0 Å². The molecule has 1 aromatic carbocycles. The van der Waals surface area contributed by atoms with Gasteiger partial charge in [0.1, 0.15) is 5.75 Å². The summed E-state index contributed by atoms with van der Waals surface area (Å²) in [6, 6.07) is 5.31. The van der Waals surface area contributed by atoms with Gasteiger partial charge in [0, 0.05) is 11.3 Å². The average Bonchev–Trinajstić information content (AvgIpc) is 2.44. The summed E-state index contributed by atoms with van der Waals surface area (Å²) in [5, 5.41) is 0. The van der Waals surface area contributed by atoms with Crippen LogP contribution in [0.1, 0.15) is 45.1 Å². The minimum absolute atomic E-state index is 0.460. The van der Waals surface area contributed by atoms with Crippen molar-refractivity contribution in [3.8, 4) is 5.75 Å². The summed E-state index contributed by atoms with van der Waals surface area (Å²) in [5.41, 5.74) is 1.91. The van der Waals surface area contributed by atoms with Crippen LogP contribution in [0.25, 0.3) is 6.08 Å². The van der Waals surface area contributed by atoms with Crippen LogP contribution in [0.5, 0.6) is 5.75 Å². The second kappa shape index (κ2) is 6.95. The summed E-state index contributed by atoms with van der Waals surface area (Å²) in [6.45, 7) is 4.66. The molecule has 1 aliphatic rings. The third kappa shape index (κ3) is 5.57. The first-order valence-electron chi connectivity index (χ1n) is 8.03. The van der Waals surface area contributed by atoms with Crippen LogP contribution in [0.4, 0.5) is 5.69 Å². The molecule has 0 radical (unpaired) electrons. The minimum atomic E-state index is -3.28. The van der Waals surface area contributed by atoms with Crippen molar-refractivity contribution in [3.05, 3.63) is 29.8 Å². The van der Waals surface area contributed by atoms with Crippen LogP contribution in [0.3, 0.4) is 0 Å². The summed E-state index contributed by atoms with van der Waals surface area (Å²) in [4.78, 5) is 0. The van der Waals surface area contributed by atoms with Gasteiger partial charge < -0.3 is 4.74 Å². The topological polar surface area (TPSA) is 55.4 Å². The number of anilines is 1. The summed E-state index contributed by atoms with van der Waals surface area (Å²) in [5.74, 6) is 1.33.